The molecule has 1 aliphatic heterocycles. The number of benzene rings is 2. The van der Waals surface area contributed by atoms with Gasteiger partial charge < -0.3 is 11.5 Å². The highest BCUT2D eigenvalue weighted by Crippen LogP contribution is 2.33. The summed E-state index contributed by atoms with van der Waals surface area (Å²) in [5.74, 6) is 3.05. The van der Waals surface area contributed by atoms with Crippen molar-refractivity contribution in [2.75, 3.05) is 13.1 Å². The van der Waals surface area contributed by atoms with Crippen molar-refractivity contribution in [3.05, 3.63) is 70.8 Å². The molecular formula is C22H24F3N3. The predicted octanol–water partition coefficient (Wildman–Crippen LogP) is 3.68. The van der Waals surface area contributed by atoms with E-state index in [1.807, 2.05) is 12.1 Å². The van der Waals surface area contributed by atoms with E-state index in [4.69, 9.17) is 17.9 Å². The fourth-order valence-electron chi connectivity index (χ4n) is 3.63. The molecule has 0 saturated carbocycles. The van der Waals surface area contributed by atoms with Crippen LogP contribution < -0.4 is 11.5 Å². The molecule has 0 bridgehead atoms. The molecule has 6 heteroatoms. The maximum atomic E-state index is 13.0. The third-order valence-corrected chi connectivity index (χ3v) is 5.36. The van der Waals surface area contributed by atoms with Gasteiger partial charge in [-0.15, -0.1) is 6.42 Å². The topological polar surface area (TPSA) is 55.3 Å². The van der Waals surface area contributed by atoms with Gasteiger partial charge in [0.05, 0.1) is 0 Å². The second-order valence-electron chi connectivity index (χ2n) is 7.40. The van der Waals surface area contributed by atoms with Crippen LogP contribution in [0, 0.1) is 12.3 Å². The molecule has 1 unspecified atom stereocenters. The number of likely N-dealkylation sites (tertiary alicyclic amines) is 1. The molecule has 2 aromatic carbocycles. The lowest BCUT2D eigenvalue weighted by Gasteiger charge is -2.33. The number of hydrogen-bond donors (Lipinski definition) is 2. The number of nitrogens with zero attached hydrogens (tertiary/aromatic N) is 1. The van der Waals surface area contributed by atoms with Gasteiger partial charge in [0.15, 0.2) is 5.66 Å². The molecular weight excluding hydrogens is 363 g/mol. The average molecular weight is 387 g/mol. The Morgan fingerprint density at radius 3 is 2.25 bits per heavy atom. The smallest absolute Gasteiger partial charge is 0.302 e. The Morgan fingerprint density at radius 1 is 1.04 bits per heavy atom. The van der Waals surface area contributed by atoms with E-state index < -0.39 is 11.8 Å². The molecule has 28 heavy (non-hydrogen) atoms. The highest BCUT2D eigenvalue weighted by atomic mass is 19.4. The standard InChI is InChI=1S/C22H24F3N3/c1-2-16-5-9-18(10-6-16)19-4-3-13-28(15-19)14-17-7-11-20(12-8-17)21(26,27)22(23,24)25/h1,5-12,19H,3-4,13-15,26-27H2. The lowest BCUT2D eigenvalue weighted by Crippen LogP contribution is -2.57. The summed E-state index contributed by atoms with van der Waals surface area (Å²) in [4.78, 5) is 2.32. The highest BCUT2D eigenvalue weighted by molar-refractivity contribution is 5.35. The van der Waals surface area contributed by atoms with E-state index in [9.17, 15) is 13.2 Å². The van der Waals surface area contributed by atoms with E-state index >= 15 is 0 Å². The van der Waals surface area contributed by atoms with E-state index in [-0.39, 0.29) is 5.56 Å². The number of hydrogen-bond acceptors (Lipinski definition) is 3. The van der Waals surface area contributed by atoms with E-state index in [0.29, 0.717) is 12.5 Å². The Labute approximate surface area is 163 Å². The van der Waals surface area contributed by atoms with Crippen LogP contribution in [-0.2, 0) is 12.2 Å². The second kappa shape index (κ2) is 7.96. The van der Waals surface area contributed by atoms with Gasteiger partial charge >= 0.3 is 6.18 Å². The quantitative estimate of drug-likeness (QED) is 0.622. The zero-order chi connectivity index (χ0) is 20.4. The fraction of sp³-hybridized carbons (Fsp3) is 0.364. The molecule has 148 valence electrons. The van der Waals surface area contributed by atoms with Crippen molar-refractivity contribution < 1.29 is 13.2 Å². The maximum Gasteiger partial charge on any atom is 0.423 e. The van der Waals surface area contributed by atoms with Gasteiger partial charge in [0.2, 0.25) is 0 Å². The number of alkyl halides is 3. The van der Waals surface area contributed by atoms with Crippen LogP contribution >= 0.6 is 0 Å². The number of piperidine rings is 1. The summed E-state index contributed by atoms with van der Waals surface area (Å²) in [6.07, 6.45) is 2.89. The Morgan fingerprint density at radius 2 is 1.68 bits per heavy atom. The normalized spacial score (nSPS) is 18.6. The third-order valence-electron chi connectivity index (χ3n) is 5.36. The van der Waals surface area contributed by atoms with Gasteiger partial charge in [0.25, 0.3) is 0 Å². The van der Waals surface area contributed by atoms with Gasteiger partial charge in [-0.05, 0) is 54.1 Å². The van der Waals surface area contributed by atoms with Crippen LogP contribution in [0.4, 0.5) is 13.2 Å². The van der Waals surface area contributed by atoms with Gasteiger partial charge in [-0.25, -0.2) is 0 Å². The summed E-state index contributed by atoms with van der Waals surface area (Å²) < 4.78 is 38.9. The first-order chi connectivity index (χ1) is 13.2. The fourth-order valence-corrected chi connectivity index (χ4v) is 3.63. The lowest BCUT2D eigenvalue weighted by molar-refractivity contribution is -0.188. The molecule has 0 amide bonds. The van der Waals surface area contributed by atoms with Crippen molar-refractivity contribution in [3.63, 3.8) is 0 Å². The molecule has 1 atom stereocenters. The monoisotopic (exact) mass is 387 g/mol. The maximum absolute atomic E-state index is 13.0. The molecule has 1 aliphatic rings. The minimum atomic E-state index is -4.70. The molecule has 0 radical (unpaired) electrons. The first-order valence-corrected chi connectivity index (χ1v) is 9.23. The summed E-state index contributed by atoms with van der Waals surface area (Å²) in [5, 5.41) is 0. The van der Waals surface area contributed by atoms with Gasteiger partial charge in [0, 0.05) is 18.7 Å². The lowest BCUT2D eigenvalue weighted by atomic mass is 9.90. The number of terminal acetylenes is 1. The van der Waals surface area contributed by atoms with Crippen molar-refractivity contribution in [2.45, 2.75) is 37.1 Å². The largest absolute Gasteiger partial charge is 0.423 e. The summed E-state index contributed by atoms with van der Waals surface area (Å²) in [7, 11) is 0. The van der Waals surface area contributed by atoms with E-state index in [2.05, 4.69) is 23.0 Å². The highest BCUT2D eigenvalue weighted by Gasteiger charge is 2.50. The van der Waals surface area contributed by atoms with Gasteiger partial charge in [-0.3, -0.25) is 4.90 Å². The number of nitrogens with two attached hydrogens (primary N) is 2. The first kappa shape index (κ1) is 20.4. The minimum absolute atomic E-state index is 0.145. The van der Waals surface area contributed by atoms with Crippen molar-refractivity contribution in [2.24, 2.45) is 11.5 Å². The second-order valence-corrected chi connectivity index (χ2v) is 7.40. The van der Waals surface area contributed by atoms with Crippen LogP contribution in [0.2, 0.25) is 0 Å². The van der Waals surface area contributed by atoms with Crippen LogP contribution in [0.15, 0.2) is 48.5 Å². The van der Waals surface area contributed by atoms with Crippen molar-refractivity contribution in [1.82, 2.24) is 4.90 Å². The van der Waals surface area contributed by atoms with E-state index in [1.54, 1.807) is 12.1 Å². The van der Waals surface area contributed by atoms with Crippen LogP contribution in [0.5, 0.6) is 0 Å². The SMILES string of the molecule is C#Cc1ccc(C2CCCN(Cc3ccc(C(N)(N)C(F)(F)F)cc3)C2)cc1. The van der Waals surface area contributed by atoms with Crippen LogP contribution in [0.25, 0.3) is 0 Å². The Hall–Kier alpha value is -2.33. The molecule has 2 aromatic rings. The third kappa shape index (κ3) is 4.39. The predicted molar refractivity (Wildman–Crippen MR) is 104 cm³/mol. The van der Waals surface area contributed by atoms with E-state index in [1.165, 1.54) is 17.7 Å². The van der Waals surface area contributed by atoms with Crippen LogP contribution in [-0.4, -0.2) is 24.2 Å². The van der Waals surface area contributed by atoms with Crippen molar-refractivity contribution in [1.29, 1.82) is 0 Å². The van der Waals surface area contributed by atoms with Crippen molar-refractivity contribution in [3.8, 4) is 12.3 Å². The Kier molecular flexibility index (Phi) is 5.80. The van der Waals surface area contributed by atoms with Crippen LogP contribution in [0.3, 0.4) is 0 Å². The average Bonchev–Trinajstić information content (AvgIpc) is 2.68. The summed E-state index contributed by atoms with van der Waals surface area (Å²) in [6.45, 7) is 2.53. The van der Waals surface area contributed by atoms with Crippen molar-refractivity contribution >= 4 is 0 Å². The molecule has 0 aromatic heterocycles. The summed E-state index contributed by atoms with van der Waals surface area (Å²) in [6, 6.07) is 14.1. The zero-order valence-corrected chi connectivity index (χ0v) is 15.5. The molecule has 3 rings (SSSR count). The summed E-state index contributed by atoms with van der Waals surface area (Å²) in [5.41, 5.74) is 10.6. The number of halogens is 3. The molecule has 1 fully saturated rings. The minimum Gasteiger partial charge on any atom is -0.302 e. The van der Waals surface area contributed by atoms with Gasteiger partial charge in [-0.2, -0.15) is 13.2 Å². The number of rotatable bonds is 4. The Balaban J connectivity index is 1.66. The molecule has 0 aliphatic carbocycles. The molecule has 1 saturated heterocycles. The molecule has 4 N–H and O–H groups in total. The van der Waals surface area contributed by atoms with Crippen LogP contribution in [0.1, 0.15) is 41.0 Å². The molecule has 3 nitrogen and oxygen atoms in total. The van der Waals surface area contributed by atoms with Gasteiger partial charge in [-0.1, -0.05) is 42.3 Å². The molecule has 1 heterocycles. The first-order valence-electron chi connectivity index (χ1n) is 9.23. The summed E-state index contributed by atoms with van der Waals surface area (Å²) >= 11 is 0. The van der Waals surface area contributed by atoms with Gasteiger partial charge in [0.1, 0.15) is 0 Å². The Bertz CT molecular complexity index is 833. The molecule has 0 spiro atoms. The zero-order valence-electron chi connectivity index (χ0n) is 15.5. The van der Waals surface area contributed by atoms with E-state index in [0.717, 1.165) is 37.1 Å².